The second-order valence-corrected chi connectivity index (χ2v) is 7.08. The molecule has 0 radical (unpaired) electrons. The zero-order chi connectivity index (χ0) is 20.1. The van der Waals surface area contributed by atoms with E-state index in [4.69, 9.17) is 9.26 Å². The molecule has 1 heterocycles. The first-order chi connectivity index (χ1) is 13.5. The lowest BCUT2D eigenvalue weighted by Gasteiger charge is -2.09. The van der Waals surface area contributed by atoms with Crippen molar-refractivity contribution in [1.82, 2.24) is 5.16 Å². The smallest absolute Gasteiger partial charge is 0.339 e. The second-order valence-electron chi connectivity index (χ2n) is 6.07. The molecule has 3 rings (SSSR count). The Kier molecular flexibility index (Phi) is 6.26. The number of hydrogen-bond donors (Lipinski definition) is 0. The van der Waals surface area contributed by atoms with Crippen LogP contribution in [0.1, 0.15) is 37.7 Å². The fourth-order valence-corrected chi connectivity index (χ4v) is 3.79. The molecule has 0 saturated heterocycles. The van der Waals surface area contributed by atoms with E-state index in [1.807, 2.05) is 19.9 Å². The number of nitrogens with zero attached hydrogens (tertiary/aromatic N) is 1. The quantitative estimate of drug-likeness (QED) is 0.324. The molecular weight excluding hydrogens is 381 g/mol. The molecule has 0 atom stereocenters. The average Bonchev–Trinajstić information content (AvgIpc) is 3.02. The van der Waals surface area contributed by atoms with Crippen LogP contribution in [0.15, 0.2) is 57.9 Å². The Bertz CT molecular complexity index is 996. The molecule has 0 amide bonds. The number of benzene rings is 2. The lowest BCUT2D eigenvalue weighted by atomic mass is 10.1. The first-order valence-corrected chi connectivity index (χ1v) is 9.54. The molecule has 5 nitrogen and oxygen atoms in total. The summed E-state index contributed by atoms with van der Waals surface area (Å²) in [5.41, 5.74) is 2.03. The molecule has 0 aliphatic rings. The highest BCUT2D eigenvalue weighted by molar-refractivity contribution is 7.98. The Labute approximate surface area is 165 Å². The minimum Gasteiger partial charge on any atom is -0.454 e. The van der Waals surface area contributed by atoms with Crippen LogP contribution in [0.2, 0.25) is 0 Å². The van der Waals surface area contributed by atoms with E-state index >= 15 is 0 Å². The van der Waals surface area contributed by atoms with Gasteiger partial charge in [0.2, 0.25) is 5.78 Å². The van der Waals surface area contributed by atoms with E-state index in [0.717, 1.165) is 17.0 Å². The SMILES string of the molecule is Cc1noc(C)c1CSc1ccccc1C(=O)OCC(=O)c1ccccc1F. The molecule has 3 aromatic rings. The fourth-order valence-electron chi connectivity index (χ4n) is 2.59. The highest BCUT2D eigenvalue weighted by atomic mass is 32.2. The lowest BCUT2D eigenvalue weighted by molar-refractivity contribution is 0.0470. The minimum atomic E-state index is -0.640. The van der Waals surface area contributed by atoms with Crippen molar-refractivity contribution in [3.63, 3.8) is 0 Å². The lowest BCUT2D eigenvalue weighted by Crippen LogP contribution is -2.15. The molecule has 0 aliphatic heterocycles. The van der Waals surface area contributed by atoms with Gasteiger partial charge < -0.3 is 9.26 Å². The van der Waals surface area contributed by atoms with Gasteiger partial charge in [-0.05, 0) is 38.1 Å². The molecule has 0 spiro atoms. The maximum atomic E-state index is 13.7. The van der Waals surface area contributed by atoms with Gasteiger partial charge in [-0.2, -0.15) is 0 Å². The van der Waals surface area contributed by atoms with E-state index in [-0.39, 0.29) is 5.56 Å². The third-order valence-corrected chi connectivity index (χ3v) is 5.27. The molecule has 144 valence electrons. The standard InChI is InChI=1S/C21H18FNO4S/c1-13-17(14(2)27-23-13)12-28-20-10-6-4-8-16(20)21(25)26-11-19(24)15-7-3-5-9-18(15)22/h3-10H,11-12H2,1-2H3. The van der Waals surface area contributed by atoms with E-state index in [9.17, 15) is 14.0 Å². The van der Waals surface area contributed by atoms with Crippen LogP contribution < -0.4 is 0 Å². The first-order valence-electron chi connectivity index (χ1n) is 8.55. The van der Waals surface area contributed by atoms with Crippen LogP contribution in [0.3, 0.4) is 0 Å². The minimum absolute atomic E-state index is 0.101. The number of carbonyl (C=O) groups is 2. The van der Waals surface area contributed by atoms with Gasteiger partial charge in [0.05, 0.1) is 16.8 Å². The van der Waals surface area contributed by atoms with Gasteiger partial charge in [-0.1, -0.05) is 29.4 Å². The Hall–Kier alpha value is -2.93. The van der Waals surface area contributed by atoms with Crippen molar-refractivity contribution in [3.05, 3.63) is 82.5 Å². The van der Waals surface area contributed by atoms with Crippen LogP contribution in [0, 0.1) is 19.7 Å². The summed E-state index contributed by atoms with van der Waals surface area (Å²) in [6, 6.07) is 12.6. The van der Waals surface area contributed by atoms with Crippen molar-refractivity contribution < 1.29 is 23.2 Å². The summed E-state index contributed by atoms with van der Waals surface area (Å²) in [5.74, 6) is -0.544. The highest BCUT2D eigenvalue weighted by Crippen LogP contribution is 2.29. The van der Waals surface area contributed by atoms with Gasteiger partial charge in [0.15, 0.2) is 6.61 Å². The fraction of sp³-hybridized carbons (Fsp3) is 0.190. The zero-order valence-electron chi connectivity index (χ0n) is 15.4. The van der Waals surface area contributed by atoms with E-state index < -0.39 is 24.2 Å². The molecule has 0 unspecified atom stereocenters. The van der Waals surface area contributed by atoms with Crippen molar-refractivity contribution in [2.24, 2.45) is 0 Å². The summed E-state index contributed by atoms with van der Waals surface area (Å²) in [6.07, 6.45) is 0. The number of halogens is 1. The number of aromatic nitrogens is 1. The number of hydrogen-bond acceptors (Lipinski definition) is 6. The zero-order valence-corrected chi connectivity index (χ0v) is 16.2. The van der Waals surface area contributed by atoms with Gasteiger partial charge in [-0.15, -0.1) is 11.8 Å². The number of Topliss-reactive ketones (excluding diaryl/α,β-unsaturated/α-hetero) is 1. The predicted octanol–water partition coefficient (Wildman–Crippen LogP) is 4.76. The van der Waals surface area contributed by atoms with Gasteiger partial charge in [0.1, 0.15) is 11.6 Å². The van der Waals surface area contributed by atoms with Crippen molar-refractivity contribution in [3.8, 4) is 0 Å². The van der Waals surface area contributed by atoms with Crippen LogP contribution in [0.25, 0.3) is 0 Å². The van der Waals surface area contributed by atoms with Crippen molar-refractivity contribution >= 4 is 23.5 Å². The van der Waals surface area contributed by atoms with Crippen molar-refractivity contribution in [1.29, 1.82) is 0 Å². The molecule has 0 saturated carbocycles. The van der Waals surface area contributed by atoms with E-state index in [1.165, 1.54) is 30.0 Å². The molecule has 0 N–H and O–H groups in total. The number of carbonyl (C=O) groups excluding carboxylic acids is 2. The normalized spacial score (nSPS) is 10.7. The molecule has 0 fully saturated rings. The van der Waals surface area contributed by atoms with E-state index in [2.05, 4.69) is 5.16 Å². The molecule has 28 heavy (non-hydrogen) atoms. The largest absolute Gasteiger partial charge is 0.454 e. The third kappa shape index (κ3) is 4.48. The number of aryl methyl sites for hydroxylation is 2. The summed E-state index contributed by atoms with van der Waals surface area (Å²) in [4.78, 5) is 25.3. The molecule has 0 aliphatic carbocycles. The second kappa shape index (κ2) is 8.84. The highest BCUT2D eigenvalue weighted by Gasteiger charge is 2.18. The summed E-state index contributed by atoms with van der Waals surface area (Å²) < 4.78 is 24.0. The number of esters is 1. The maximum Gasteiger partial charge on any atom is 0.339 e. The van der Waals surface area contributed by atoms with Gasteiger partial charge in [0.25, 0.3) is 0 Å². The summed E-state index contributed by atoms with van der Waals surface area (Å²) in [6.45, 7) is 3.17. The summed E-state index contributed by atoms with van der Waals surface area (Å²) in [5, 5.41) is 3.92. The Morgan fingerprint density at radius 1 is 1.07 bits per heavy atom. The maximum absolute atomic E-state index is 13.7. The van der Waals surface area contributed by atoms with Gasteiger partial charge in [-0.25, -0.2) is 9.18 Å². The number of ketones is 1. The van der Waals surface area contributed by atoms with Gasteiger partial charge in [0, 0.05) is 16.2 Å². The molecule has 7 heteroatoms. The molecule has 1 aromatic heterocycles. The first kappa shape index (κ1) is 19.8. The number of ether oxygens (including phenoxy) is 1. The van der Waals surface area contributed by atoms with Crippen LogP contribution in [-0.4, -0.2) is 23.5 Å². The third-order valence-electron chi connectivity index (χ3n) is 4.17. The monoisotopic (exact) mass is 399 g/mol. The average molecular weight is 399 g/mol. The molecular formula is C21H18FNO4S. The van der Waals surface area contributed by atoms with Gasteiger partial charge >= 0.3 is 5.97 Å². The number of thioether (sulfide) groups is 1. The molecule has 2 aromatic carbocycles. The van der Waals surface area contributed by atoms with E-state index in [0.29, 0.717) is 16.2 Å². The number of rotatable bonds is 7. The van der Waals surface area contributed by atoms with E-state index in [1.54, 1.807) is 24.3 Å². The molecule has 0 bridgehead atoms. The van der Waals surface area contributed by atoms with Crippen LogP contribution >= 0.6 is 11.8 Å². The van der Waals surface area contributed by atoms with Crippen molar-refractivity contribution in [2.75, 3.05) is 6.61 Å². The van der Waals surface area contributed by atoms with Gasteiger partial charge in [-0.3, -0.25) is 4.79 Å². The van der Waals surface area contributed by atoms with Crippen LogP contribution in [0.4, 0.5) is 4.39 Å². The Morgan fingerprint density at radius 3 is 2.43 bits per heavy atom. The van der Waals surface area contributed by atoms with Crippen LogP contribution in [-0.2, 0) is 10.5 Å². The Balaban J connectivity index is 1.67. The summed E-state index contributed by atoms with van der Waals surface area (Å²) in [7, 11) is 0. The predicted molar refractivity (Wildman–Crippen MR) is 103 cm³/mol. The Morgan fingerprint density at radius 2 is 1.75 bits per heavy atom. The topological polar surface area (TPSA) is 69.4 Å². The van der Waals surface area contributed by atoms with Crippen LogP contribution in [0.5, 0.6) is 0 Å². The summed E-state index contributed by atoms with van der Waals surface area (Å²) >= 11 is 1.45. The van der Waals surface area contributed by atoms with Crippen molar-refractivity contribution in [2.45, 2.75) is 24.5 Å².